The number of fused-ring (bicyclic) bond motifs is 1. The number of hydrogen-bond acceptors (Lipinski definition) is 6. The van der Waals surface area contributed by atoms with Crippen molar-refractivity contribution in [2.45, 2.75) is 12.5 Å². The van der Waals surface area contributed by atoms with E-state index in [0.29, 0.717) is 45.8 Å². The van der Waals surface area contributed by atoms with Crippen molar-refractivity contribution in [2.75, 3.05) is 7.11 Å². The van der Waals surface area contributed by atoms with Crippen LogP contribution in [0.5, 0.6) is 17.4 Å². The van der Waals surface area contributed by atoms with Gasteiger partial charge in [0.1, 0.15) is 18.2 Å². The van der Waals surface area contributed by atoms with E-state index in [1.54, 1.807) is 19.2 Å². The lowest BCUT2D eigenvalue weighted by Crippen LogP contribution is -2.20. The summed E-state index contributed by atoms with van der Waals surface area (Å²) in [5.74, 6) is 1.05. The van der Waals surface area contributed by atoms with Crippen LogP contribution in [0.25, 0.3) is 11.3 Å². The summed E-state index contributed by atoms with van der Waals surface area (Å²) < 4.78 is 17.3. The number of nitrogens with one attached hydrogen (secondary N) is 1. The molecule has 0 spiro atoms. The van der Waals surface area contributed by atoms with Crippen LogP contribution in [0.3, 0.4) is 0 Å². The topological polar surface area (TPSA) is 106 Å². The Morgan fingerprint density at radius 3 is 2.57 bits per heavy atom. The fourth-order valence-electron chi connectivity index (χ4n) is 4.13. The standard InChI is InChI=1S/C27H21ClN4O3/c1-33-22-13-18(9-12-21(22)34-15-16-5-3-2-4-6-16)25-24-23(17-7-10-19(28)11-8-17)20(14-29)26(30)35-27(24)32-31-25/h2-13,23H,15,30H2,1H3,(H,31,32). The molecule has 4 aromatic rings. The van der Waals surface area contributed by atoms with Gasteiger partial charge in [0.25, 0.3) is 0 Å². The van der Waals surface area contributed by atoms with Gasteiger partial charge in [-0.05, 0) is 41.5 Å². The molecule has 0 saturated carbocycles. The highest BCUT2D eigenvalue weighted by molar-refractivity contribution is 6.30. The number of aromatic nitrogens is 2. The molecule has 35 heavy (non-hydrogen) atoms. The van der Waals surface area contributed by atoms with Crippen molar-refractivity contribution >= 4 is 11.6 Å². The van der Waals surface area contributed by atoms with Gasteiger partial charge in [0, 0.05) is 10.6 Å². The number of allylic oxidation sites excluding steroid dienone is 1. The number of ether oxygens (including phenoxy) is 3. The van der Waals surface area contributed by atoms with Crippen LogP contribution >= 0.6 is 11.6 Å². The minimum atomic E-state index is -0.477. The number of nitrogens with zero attached hydrogens (tertiary/aromatic N) is 2. The molecule has 2 heterocycles. The van der Waals surface area contributed by atoms with Crippen molar-refractivity contribution in [1.29, 1.82) is 5.26 Å². The van der Waals surface area contributed by atoms with E-state index in [4.69, 9.17) is 31.5 Å². The molecule has 5 rings (SSSR count). The van der Waals surface area contributed by atoms with E-state index < -0.39 is 5.92 Å². The van der Waals surface area contributed by atoms with Crippen LogP contribution in [0.2, 0.25) is 5.02 Å². The van der Waals surface area contributed by atoms with E-state index in [1.165, 1.54) is 0 Å². The summed E-state index contributed by atoms with van der Waals surface area (Å²) in [7, 11) is 1.59. The molecular formula is C27H21ClN4O3. The Labute approximate surface area is 207 Å². The predicted octanol–water partition coefficient (Wildman–Crippen LogP) is 5.54. The highest BCUT2D eigenvalue weighted by Gasteiger charge is 2.35. The highest BCUT2D eigenvalue weighted by atomic mass is 35.5. The van der Waals surface area contributed by atoms with Crippen LogP contribution in [0.15, 0.2) is 84.3 Å². The molecule has 0 aliphatic carbocycles. The molecule has 1 aliphatic rings. The SMILES string of the molecule is COc1cc(-c2[nH]nc3c2C(c2ccc(Cl)cc2)C(C#N)=C(N)O3)ccc1OCc1ccccc1. The highest BCUT2D eigenvalue weighted by Crippen LogP contribution is 2.46. The van der Waals surface area contributed by atoms with Crippen LogP contribution in [0.1, 0.15) is 22.6 Å². The third-order valence-corrected chi connectivity index (χ3v) is 6.08. The molecule has 0 bridgehead atoms. The molecule has 3 aromatic carbocycles. The lowest BCUT2D eigenvalue weighted by molar-refractivity contribution is 0.284. The zero-order chi connectivity index (χ0) is 24.4. The van der Waals surface area contributed by atoms with Crippen molar-refractivity contribution < 1.29 is 14.2 Å². The summed E-state index contributed by atoms with van der Waals surface area (Å²) >= 11 is 6.10. The van der Waals surface area contributed by atoms with Crippen LogP contribution < -0.4 is 19.9 Å². The van der Waals surface area contributed by atoms with E-state index >= 15 is 0 Å². The van der Waals surface area contributed by atoms with E-state index in [1.807, 2.05) is 60.7 Å². The second kappa shape index (κ2) is 9.45. The lowest BCUT2D eigenvalue weighted by Gasteiger charge is -2.24. The first-order valence-corrected chi connectivity index (χ1v) is 11.2. The number of aromatic amines is 1. The summed E-state index contributed by atoms with van der Waals surface area (Å²) in [5, 5.41) is 17.9. The van der Waals surface area contributed by atoms with Crippen molar-refractivity contribution in [1.82, 2.24) is 10.2 Å². The number of methoxy groups -OCH3 is 1. The maximum Gasteiger partial charge on any atom is 0.244 e. The smallest absolute Gasteiger partial charge is 0.244 e. The van der Waals surface area contributed by atoms with Crippen molar-refractivity contribution in [2.24, 2.45) is 5.73 Å². The molecule has 1 atom stereocenters. The van der Waals surface area contributed by atoms with Gasteiger partial charge in [0.15, 0.2) is 11.5 Å². The molecule has 0 radical (unpaired) electrons. The Kier molecular flexibility index (Phi) is 6.04. The second-order valence-corrected chi connectivity index (χ2v) is 8.37. The fraction of sp³-hybridized carbons (Fsp3) is 0.111. The molecule has 1 aliphatic heterocycles. The zero-order valence-electron chi connectivity index (χ0n) is 18.8. The van der Waals surface area contributed by atoms with E-state index in [2.05, 4.69) is 16.3 Å². The van der Waals surface area contributed by atoms with E-state index in [0.717, 1.165) is 16.7 Å². The molecule has 3 N–H and O–H groups in total. The Balaban J connectivity index is 1.54. The van der Waals surface area contributed by atoms with Gasteiger partial charge in [-0.3, -0.25) is 5.10 Å². The summed E-state index contributed by atoms with van der Waals surface area (Å²) in [5.41, 5.74) is 10.5. The van der Waals surface area contributed by atoms with Gasteiger partial charge in [-0.1, -0.05) is 54.1 Å². The quantitative estimate of drug-likeness (QED) is 0.372. The fourth-order valence-corrected chi connectivity index (χ4v) is 4.26. The van der Waals surface area contributed by atoms with Crippen LogP contribution in [-0.4, -0.2) is 17.3 Å². The normalized spacial score (nSPS) is 14.6. The zero-order valence-corrected chi connectivity index (χ0v) is 19.5. The predicted molar refractivity (Wildman–Crippen MR) is 132 cm³/mol. The van der Waals surface area contributed by atoms with E-state index in [-0.39, 0.29) is 5.88 Å². The largest absolute Gasteiger partial charge is 0.493 e. The Morgan fingerprint density at radius 2 is 1.86 bits per heavy atom. The maximum absolute atomic E-state index is 9.88. The van der Waals surface area contributed by atoms with Gasteiger partial charge in [0.05, 0.1) is 24.3 Å². The van der Waals surface area contributed by atoms with Gasteiger partial charge in [-0.25, -0.2) is 0 Å². The first kappa shape index (κ1) is 22.4. The molecule has 1 aromatic heterocycles. The van der Waals surface area contributed by atoms with Crippen molar-refractivity contribution in [3.05, 3.63) is 106 Å². The number of nitrogens with two attached hydrogens (primary N) is 1. The van der Waals surface area contributed by atoms with Crippen LogP contribution in [0, 0.1) is 11.3 Å². The second-order valence-electron chi connectivity index (χ2n) is 7.93. The molecule has 1 unspecified atom stereocenters. The number of benzene rings is 3. The lowest BCUT2D eigenvalue weighted by atomic mass is 9.83. The number of rotatable bonds is 6. The Morgan fingerprint density at radius 1 is 1.09 bits per heavy atom. The van der Waals surface area contributed by atoms with Crippen LogP contribution in [-0.2, 0) is 6.61 Å². The summed E-state index contributed by atoms with van der Waals surface area (Å²) in [6, 6.07) is 25.0. The average Bonchev–Trinajstić information content (AvgIpc) is 3.31. The molecule has 0 saturated heterocycles. The monoisotopic (exact) mass is 484 g/mol. The first-order valence-electron chi connectivity index (χ1n) is 10.9. The van der Waals surface area contributed by atoms with Gasteiger partial charge in [0.2, 0.25) is 11.8 Å². The number of nitriles is 1. The minimum Gasteiger partial charge on any atom is -0.493 e. The molecule has 0 fully saturated rings. The maximum atomic E-state index is 9.88. The summed E-state index contributed by atoms with van der Waals surface area (Å²) in [6.07, 6.45) is 0. The number of H-pyrrole nitrogens is 1. The van der Waals surface area contributed by atoms with Crippen LogP contribution in [0.4, 0.5) is 0 Å². The average molecular weight is 485 g/mol. The first-order chi connectivity index (χ1) is 17.1. The Bertz CT molecular complexity index is 1440. The molecule has 7 nitrogen and oxygen atoms in total. The van der Waals surface area contributed by atoms with Crippen molar-refractivity contribution in [3.8, 4) is 34.7 Å². The third-order valence-electron chi connectivity index (χ3n) is 5.83. The third kappa shape index (κ3) is 4.27. The number of hydrogen-bond donors (Lipinski definition) is 2. The van der Waals surface area contributed by atoms with Gasteiger partial charge in [-0.2, -0.15) is 5.26 Å². The van der Waals surface area contributed by atoms with Crippen molar-refractivity contribution in [3.63, 3.8) is 0 Å². The minimum absolute atomic E-state index is 0.0280. The van der Waals surface area contributed by atoms with Gasteiger partial charge < -0.3 is 19.9 Å². The number of halogens is 1. The molecule has 174 valence electrons. The molecular weight excluding hydrogens is 464 g/mol. The van der Waals surface area contributed by atoms with Gasteiger partial charge in [-0.15, -0.1) is 5.10 Å². The summed E-state index contributed by atoms with van der Waals surface area (Å²) in [6.45, 7) is 0.415. The summed E-state index contributed by atoms with van der Waals surface area (Å²) in [4.78, 5) is 0. The molecule has 0 amide bonds. The Hall–Kier alpha value is -4.41. The van der Waals surface area contributed by atoms with E-state index in [9.17, 15) is 5.26 Å². The molecule has 8 heteroatoms. The van der Waals surface area contributed by atoms with Gasteiger partial charge >= 0.3 is 0 Å².